The Balaban J connectivity index is 0.852. The summed E-state index contributed by atoms with van der Waals surface area (Å²) in [6.07, 6.45) is 2.39. The molecule has 4 aliphatic heterocycles. The number of carbonyl (C=O) groups excluding carboxylic acids is 4. The summed E-state index contributed by atoms with van der Waals surface area (Å²) < 4.78 is 21.2. The zero-order valence-electron chi connectivity index (χ0n) is 29.9. The minimum absolute atomic E-state index is 0.0276. The highest BCUT2D eigenvalue weighted by atomic mass is 19.1. The molecule has 0 spiro atoms. The zero-order valence-corrected chi connectivity index (χ0v) is 29.9. The van der Waals surface area contributed by atoms with Gasteiger partial charge in [-0.05, 0) is 98.1 Å². The average molecular weight is 732 g/mol. The molecular formula is C41H42FN7O5. The molecule has 1 aromatic heterocycles. The SMILES string of the molecule is NC(=O)c1ccc(N2CCN(C3CCN(Cc4cc(F)c5c(c4)CN(C4CCC(=O)NC4=O)C5=O)CC3)CC2)nc1-c1ccc(Oc2ccccc2)cc1. The van der Waals surface area contributed by atoms with Gasteiger partial charge in [-0.2, -0.15) is 0 Å². The number of hydrogen-bond acceptors (Lipinski definition) is 9. The number of likely N-dealkylation sites (tertiary alicyclic amines) is 1. The minimum atomic E-state index is -0.771. The lowest BCUT2D eigenvalue weighted by molar-refractivity contribution is -0.136. The fraction of sp³-hybridized carbons (Fsp3) is 0.341. The van der Waals surface area contributed by atoms with Gasteiger partial charge in [0, 0.05) is 57.3 Å². The Hall–Kier alpha value is -5.66. The number of fused-ring (bicyclic) bond motifs is 1. The summed E-state index contributed by atoms with van der Waals surface area (Å²) in [6.45, 7) is 5.86. The van der Waals surface area contributed by atoms with Gasteiger partial charge in [0.05, 0.1) is 16.8 Å². The Morgan fingerprint density at radius 1 is 0.870 bits per heavy atom. The van der Waals surface area contributed by atoms with E-state index >= 15 is 4.39 Å². The third kappa shape index (κ3) is 7.29. The third-order valence-electron chi connectivity index (χ3n) is 11.0. The topological polar surface area (TPSA) is 141 Å². The standard InChI is InChI=1S/C41H42FN7O5/c42-33-23-26(22-28-25-49(41(53)37(28)33)34-11-13-36(50)45-40(34)52)24-46-16-14-29(15-17-46)47-18-20-48(21-19-47)35-12-10-32(39(43)51)38(44-35)27-6-8-31(9-7-27)54-30-4-2-1-3-5-30/h1-10,12,22-23,29,34H,11,13-21,24-25H2,(H2,43,51)(H,45,50,52). The number of nitrogens with two attached hydrogens (primary N) is 1. The predicted molar refractivity (Wildman–Crippen MR) is 199 cm³/mol. The van der Waals surface area contributed by atoms with Crippen molar-refractivity contribution in [1.82, 2.24) is 25.0 Å². The number of benzene rings is 3. The number of anilines is 1. The van der Waals surface area contributed by atoms with Crippen molar-refractivity contribution in [1.29, 1.82) is 0 Å². The van der Waals surface area contributed by atoms with Crippen molar-refractivity contribution < 1.29 is 28.3 Å². The van der Waals surface area contributed by atoms with Crippen LogP contribution in [0.1, 0.15) is 57.5 Å². The number of imide groups is 1. The van der Waals surface area contributed by atoms with Gasteiger partial charge >= 0.3 is 0 Å². The molecule has 4 aliphatic rings. The molecule has 0 saturated carbocycles. The van der Waals surface area contributed by atoms with Crippen molar-refractivity contribution in [3.63, 3.8) is 0 Å². The van der Waals surface area contributed by atoms with Gasteiger partial charge in [0.25, 0.3) is 11.8 Å². The second kappa shape index (κ2) is 15.0. The van der Waals surface area contributed by atoms with Crippen LogP contribution in [-0.2, 0) is 22.7 Å². The molecule has 5 heterocycles. The summed E-state index contributed by atoms with van der Waals surface area (Å²) in [7, 11) is 0. The Bertz CT molecular complexity index is 2080. The first-order chi connectivity index (χ1) is 26.2. The molecule has 13 heteroatoms. The van der Waals surface area contributed by atoms with Crippen molar-refractivity contribution in [2.24, 2.45) is 5.73 Å². The van der Waals surface area contributed by atoms with E-state index < -0.39 is 29.6 Å². The van der Waals surface area contributed by atoms with Crippen LogP contribution in [-0.4, -0.2) is 94.7 Å². The number of piperidine rings is 2. The number of ether oxygens (including phenoxy) is 1. The van der Waals surface area contributed by atoms with Crippen molar-refractivity contribution in [3.05, 3.63) is 107 Å². The van der Waals surface area contributed by atoms with Crippen LogP contribution in [0.3, 0.4) is 0 Å². The molecule has 3 saturated heterocycles. The summed E-state index contributed by atoms with van der Waals surface area (Å²) in [4.78, 5) is 62.9. The zero-order chi connectivity index (χ0) is 37.3. The molecule has 1 unspecified atom stereocenters. The largest absolute Gasteiger partial charge is 0.457 e. The number of halogens is 1. The lowest BCUT2D eigenvalue weighted by Crippen LogP contribution is -2.53. The molecule has 278 valence electrons. The molecule has 3 aromatic carbocycles. The first-order valence-electron chi connectivity index (χ1n) is 18.5. The number of aromatic nitrogens is 1. The first-order valence-corrected chi connectivity index (χ1v) is 18.5. The number of carbonyl (C=O) groups is 4. The first kappa shape index (κ1) is 35.4. The van der Waals surface area contributed by atoms with Gasteiger partial charge in [-0.15, -0.1) is 0 Å². The number of hydrogen-bond donors (Lipinski definition) is 2. The minimum Gasteiger partial charge on any atom is -0.457 e. The van der Waals surface area contributed by atoms with E-state index in [2.05, 4.69) is 20.0 Å². The monoisotopic (exact) mass is 731 g/mol. The second-order valence-corrected chi connectivity index (χ2v) is 14.4. The maximum atomic E-state index is 15.3. The van der Waals surface area contributed by atoms with E-state index in [4.69, 9.17) is 15.5 Å². The van der Waals surface area contributed by atoms with E-state index in [1.807, 2.05) is 66.7 Å². The maximum Gasteiger partial charge on any atom is 0.258 e. The van der Waals surface area contributed by atoms with Crippen molar-refractivity contribution in [2.75, 3.05) is 44.2 Å². The number of nitrogens with one attached hydrogen (secondary N) is 1. The van der Waals surface area contributed by atoms with Crippen LogP contribution >= 0.6 is 0 Å². The number of pyridine rings is 1. The fourth-order valence-corrected chi connectivity index (χ4v) is 8.18. The van der Waals surface area contributed by atoms with Gasteiger partial charge in [-0.3, -0.25) is 34.3 Å². The summed E-state index contributed by atoms with van der Waals surface area (Å²) in [6, 6.07) is 23.7. The van der Waals surface area contributed by atoms with E-state index in [9.17, 15) is 19.2 Å². The number of para-hydroxylation sites is 1. The Morgan fingerprint density at radius 3 is 2.30 bits per heavy atom. The number of piperazine rings is 1. The highest BCUT2D eigenvalue weighted by molar-refractivity contribution is 6.05. The van der Waals surface area contributed by atoms with E-state index in [1.165, 1.54) is 11.0 Å². The molecule has 4 aromatic rings. The van der Waals surface area contributed by atoms with Crippen molar-refractivity contribution in [2.45, 2.75) is 50.9 Å². The van der Waals surface area contributed by atoms with Crippen LogP contribution in [0.25, 0.3) is 11.3 Å². The van der Waals surface area contributed by atoms with Crippen LogP contribution in [0.5, 0.6) is 11.5 Å². The Morgan fingerprint density at radius 2 is 1.59 bits per heavy atom. The summed E-state index contributed by atoms with van der Waals surface area (Å²) in [5, 5.41) is 2.29. The third-order valence-corrected chi connectivity index (χ3v) is 11.0. The van der Waals surface area contributed by atoms with Crippen LogP contribution < -0.4 is 20.7 Å². The van der Waals surface area contributed by atoms with Gasteiger partial charge in [-0.1, -0.05) is 24.3 Å². The summed E-state index contributed by atoms with van der Waals surface area (Å²) in [5.41, 5.74) is 8.87. The smallest absolute Gasteiger partial charge is 0.258 e. The van der Waals surface area contributed by atoms with E-state index in [0.717, 1.165) is 74.8 Å². The molecular weight excluding hydrogens is 689 g/mol. The number of nitrogens with zero attached hydrogens (tertiary/aromatic N) is 5. The molecule has 3 N–H and O–H groups in total. The fourth-order valence-electron chi connectivity index (χ4n) is 8.18. The molecule has 0 bridgehead atoms. The highest BCUT2D eigenvalue weighted by Crippen LogP contribution is 2.32. The molecule has 54 heavy (non-hydrogen) atoms. The lowest BCUT2D eigenvalue weighted by Gasteiger charge is -2.43. The molecule has 0 aliphatic carbocycles. The molecule has 0 radical (unpaired) electrons. The second-order valence-electron chi connectivity index (χ2n) is 14.4. The molecule has 8 rings (SSSR count). The summed E-state index contributed by atoms with van der Waals surface area (Å²) in [5.74, 6) is -0.227. The van der Waals surface area contributed by atoms with Gasteiger partial charge in [-0.25, -0.2) is 9.37 Å². The number of rotatable bonds is 9. The highest BCUT2D eigenvalue weighted by Gasteiger charge is 2.41. The van der Waals surface area contributed by atoms with E-state index in [-0.39, 0.29) is 30.9 Å². The van der Waals surface area contributed by atoms with Crippen LogP contribution in [0.15, 0.2) is 78.9 Å². The number of amides is 4. The normalized spacial score (nSPS) is 19.9. The predicted octanol–water partition coefficient (Wildman–Crippen LogP) is 4.33. The van der Waals surface area contributed by atoms with Gasteiger partial charge in [0.2, 0.25) is 11.8 Å². The van der Waals surface area contributed by atoms with E-state index in [0.29, 0.717) is 35.2 Å². The van der Waals surface area contributed by atoms with Crippen LogP contribution in [0.4, 0.5) is 10.2 Å². The van der Waals surface area contributed by atoms with Crippen molar-refractivity contribution in [3.8, 4) is 22.8 Å². The van der Waals surface area contributed by atoms with Gasteiger partial charge in [0.15, 0.2) is 0 Å². The quantitative estimate of drug-likeness (QED) is 0.241. The van der Waals surface area contributed by atoms with Gasteiger partial charge in [0.1, 0.15) is 29.2 Å². The Kier molecular flexibility index (Phi) is 9.82. The molecule has 1 atom stereocenters. The number of primary amides is 1. The summed E-state index contributed by atoms with van der Waals surface area (Å²) >= 11 is 0. The van der Waals surface area contributed by atoms with Crippen molar-refractivity contribution >= 4 is 29.4 Å². The Labute approximate surface area is 312 Å². The van der Waals surface area contributed by atoms with Gasteiger partial charge < -0.3 is 20.3 Å². The average Bonchev–Trinajstić information content (AvgIpc) is 3.51. The maximum absolute atomic E-state index is 15.3. The van der Waals surface area contributed by atoms with Crippen LogP contribution in [0.2, 0.25) is 0 Å². The molecule has 12 nitrogen and oxygen atoms in total. The van der Waals surface area contributed by atoms with E-state index in [1.54, 1.807) is 6.07 Å². The molecule has 4 amide bonds. The van der Waals surface area contributed by atoms with Crippen LogP contribution in [0, 0.1) is 5.82 Å². The lowest BCUT2D eigenvalue weighted by atomic mass is 10.0. The molecule has 3 fully saturated rings.